The lowest BCUT2D eigenvalue weighted by Crippen LogP contribution is -2.19. The molecule has 0 aliphatic heterocycles. The summed E-state index contributed by atoms with van der Waals surface area (Å²) >= 11 is 7.39. The molecule has 24 heavy (non-hydrogen) atoms. The highest BCUT2D eigenvalue weighted by Gasteiger charge is 2.20. The molecule has 2 aromatic carbocycles. The Kier molecular flexibility index (Phi) is 6.95. The number of nitrogens with one attached hydrogen (secondary N) is 1. The fourth-order valence-electron chi connectivity index (χ4n) is 2.53. The van der Waals surface area contributed by atoms with Gasteiger partial charge in [0.05, 0.1) is 0 Å². The topological polar surface area (TPSA) is 29.1 Å². The van der Waals surface area contributed by atoms with Crippen LogP contribution < -0.4 is 4.72 Å². The van der Waals surface area contributed by atoms with Gasteiger partial charge in [-0.2, -0.15) is 0 Å². The quantitative estimate of drug-likeness (QED) is 0.475. The number of thiol groups is 1. The number of benzene rings is 2. The highest BCUT2D eigenvalue weighted by atomic mass is 79.9. The summed E-state index contributed by atoms with van der Waals surface area (Å²) in [5.74, 6) is -0.0625. The van der Waals surface area contributed by atoms with Crippen molar-refractivity contribution in [2.75, 3.05) is 0 Å². The average Bonchev–Trinajstić information content (AvgIpc) is 2.53. The van der Waals surface area contributed by atoms with Gasteiger partial charge in [0.15, 0.2) is 5.78 Å². The van der Waals surface area contributed by atoms with E-state index < -0.39 is 12.5 Å². The Morgan fingerprint density at radius 2 is 1.88 bits per heavy atom. The van der Waals surface area contributed by atoms with E-state index in [9.17, 15) is 13.6 Å². The molecule has 0 aliphatic rings. The molecule has 0 heterocycles. The van der Waals surface area contributed by atoms with E-state index in [2.05, 4.69) is 33.5 Å². The van der Waals surface area contributed by atoms with E-state index in [4.69, 9.17) is 0 Å². The van der Waals surface area contributed by atoms with Gasteiger partial charge in [0, 0.05) is 28.9 Å². The number of aryl methyl sites for hydroxylation is 1. The van der Waals surface area contributed by atoms with E-state index in [1.54, 1.807) is 30.3 Å². The highest BCUT2D eigenvalue weighted by molar-refractivity contribution is 9.10. The van der Waals surface area contributed by atoms with Gasteiger partial charge in [0.25, 0.3) is 0 Å². The summed E-state index contributed by atoms with van der Waals surface area (Å²) in [6, 6.07) is 12.0. The lowest BCUT2D eigenvalue weighted by Gasteiger charge is -2.19. The standard InChI is InChI=1S/C18H18BrF2NOS/c1-11-2-4-12(5-3-11)17(23)10-16(22-24)15-7-6-14(19)8-13(15)9-18(20)21/h2-8,16,18,22,24H,9-10H2,1H3/t16-/m1/s1. The molecule has 1 N–H and O–H groups in total. The van der Waals surface area contributed by atoms with Crippen LogP contribution in [0.4, 0.5) is 8.78 Å². The van der Waals surface area contributed by atoms with Crippen LogP contribution in [-0.4, -0.2) is 12.2 Å². The van der Waals surface area contributed by atoms with Gasteiger partial charge in [-0.3, -0.25) is 9.52 Å². The van der Waals surface area contributed by atoms with E-state index in [1.807, 2.05) is 19.1 Å². The van der Waals surface area contributed by atoms with Crippen molar-refractivity contribution in [1.82, 2.24) is 4.72 Å². The third kappa shape index (κ3) is 5.13. The number of carbonyl (C=O) groups excluding carboxylic acids is 1. The van der Waals surface area contributed by atoms with Gasteiger partial charge in [-0.1, -0.05) is 64.6 Å². The molecule has 0 spiro atoms. The van der Waals surface area contributed by atoms with Crippen molar-refractivity contribution in [1.29, 1.82) is 0 Å². The maximum absolute atomic E-state index is 12.8. The van der Waals surface area contributed by atoms with Gasteiger partial charge in [0.1, 0.15) is 0 Å². The van der Waals surface area contributed by atoms with Gasteiger partial charge in [-0.15, -0.1) is 0 Å². The predicted octanol–water partition coefficient (Wildman–Crippen LogP) is 5.31. The van der Waals surface area contributed by atoms with Crippen molar-refractivity contribution in [2.45, 2.75) is 32.2 Å². The fourth-order valence-corrected chi connectivity index (χ4v) is 3.16. The zero-order valence-electron chi connectivity index (χ0n) is 13.1. The van der Waals surface area contributed by atoms with Crippen LogP contribution in [-0.2, 0) is 6.42 Å². The molecule has 0 fully saturated rings. The molecule has 0 amide bonds. The summed E-state index contributed by atoms with van der Waals surface area (Å²) in [4.78, 5) is 12.5. The molecular weight excluding hydrogens is 396 g/mol. The summed E-state index contributed by atoms with van der Waals surface area (Å²) in [6.07, 6.45) is -2.67. The zero-order valence-corrected chi connectivity index (χ0v) is 15.6. The van der Waals surface area contributed by atoms with Crippen LogP contribution in [0.3, 0.4) is 0 Å². The SMILES string of the molecule is Cc1ccc(C(=O)C[C@@H](NS)c2ccc(Br)cc2CC(F)F)cc1. The predicted molar refractivity (Wildman–Crippen MR) is 98.8 cm³/mol. The summed E-state index contributed by atoms with van der Waals surface area (Å²) in [5.41, 5.74) is 2.83. The Morgan fingerprint density at radius 3 is 2.46 bits per heavy atom. The minimum absolute atomic E-state index is 0.0625. The minimum atomic E-state index is -2.45. The Labute approximate surface area is 154 Å². The molecule has 0 saturated carbocycles. The van der Waals surface area contributed by atoms with Crippen LogP contribution in [0.2, 0.25) is 0 Å². The van der Waals surface area contributed by atoms with Crippen molar-refractivity contribution >= 4 is 34.5 Å². The Morgan fingerprint density at radius 1 is 1.21 bits per heavy atom. The monoisotopic (exact) mass is 413 g/mol. The van der Waals surface area contributed by atoms with Gasteiger partial charge in [-0.25, -0.2) is 8.78 Å². The van der Waals surface area contributed by atoms with Crippen LogP contribution >= 0.6 is 28.7 Å². The van der Waals surface area contributed by atoms with Crippen LogP contribution in [0, 0.1) is 6.92 Å². The normalized spacial score (nSPS) is 12.4. The summed E-state index contributed by atoms with van der Waals surface area (Å²) in [7, 11) is 0. The Balaban J connectivity index is 2.24. The van der Waals surface area contributed by atoms with Crippen LogP contribution in [0.25, 0.3) is 0 Å². The van der Waals surface area contributed by atoms with Gasteiger partial charge in [0.2, 0.25) is 6.43 Å². The lowest BCUT2D eigenvalue weighted by molar-refractivity contribution is 0.0972. The first-order chi connectivity index (χ1) is 11.4. The maximum Gasteiger partial charge on any atom is 0.242 e. The van der Waals surface area contributed by atoms with E-state index >= 15 is 0 Å². The second kappa shape index (κ2) is 8.74. The van der Waals surface area contributed by atoms with E-state index in [0.717, 1.165) is 10.0 Å². The summed E-state index contributed by atoms with van der Waals surface area (Å²) in [5, 5.41) is 0. The molecule has 2 rings (SSSR count). The number of hydrogen-bond acceptors (Lipinski definition) is 3. The van der Waals surface area contributed by atoms with Crippen molar-refractivity contribution in [3.8, 4) is 0 Å². The molecule has 2 aromatic rings. The van der Waals surface area contributed by atoms with Crippen LogP contribution in [0.5, 0.6) is 0 Å². The highest BCUT2D eigenvalue weighted by Crippen LogP contribution is 2.28. The smallest absolute Gasteiger partial charge is 0.242 e. The first-order valence-corrected chi connectivity index (χ1v) is 8.70. The van der Waals surface area contributed by atoms with Crippen molar-refractivity contribution < 1.29 is 13.6 Å². The third-order valence-electron chi connectivity index (χ3n) is 3.77. The fraction of sp³-hybridized carbons (Fsp3) is 0.278. The largest absolute Gasteiger partial charge is 0.294 e. The molecule has 128 valence electrons. The van der Waals surface area contributed by atoms with Crippen molar-refractivity contribution in [3.05, 3.63) is 69.2 Å². The molecule has 0 aliphatic carbocycles. The second-order valence-electron chi connectivity index (χ2n) is 5.61. The molecule has 0 saturated heterocycles. The molecule has 0 aromatic heterocycles. The Hall–Kier alpha value is -1.24. The van der Waals surface area contributed by atoms with Crippen molar-refractivity contribution in [3.63, 3.8) is 0 Å². The van der Waals surface area contributed by atoms with Crippen molar-refractivity contribution in [2.24, 2.45) is 0 Å². The molecule has 1 atom stereocenters. The zero-order chi connectivity index (χ0) is 17.7. The van der Waals surface area contributed by atoms with Crippen LogP contribution in [0.1, 0.15) is 39.5 Å². The van der Waals surface area contributed by atoms with Crippen LogP contribution in [0.15, 0.2) is 46.9 Å². The van der Waals surface area contributed by atoms with Gasteiger partial charge < -0.3 is 0 Å². The lowest BCUT2D eigenvalue weighted by atomic mass is 9.93. The van der Waals surface area contributed by atoms with E-state index in [-0.39, 0.29) is 18.6 Å². The number of Topliss-reactive ketones (excluding diaryl/α,β-unsaturated/α-hetero) is 1. The minimum Gasteiger partial charge on any atom is -0.294 e. The van der Waals surface area contributed by atoms with Gasteiger partial charge in [-0.05, 0) is 30.2 Å². The van der Waals surface area contributed by atoms with E-state index in [0.29, 0.717) is 16.7 Å². The number of carbonyl (C=O) groups is 1. The first-order valence-electron chi connectivity index (χ1n) is 7.46. The third-order valence-corrected chi connectivity index (χ3v) is 4.58. The number of ketones is 1. The number of halogens is 3. The molecule has 0 bridgehead atoms. The molecular formula is C18H18BrF2NOS. The molecule has 2 nitrogen and oxygen atoms in total. The number of rotatable bonds is 7. The first kappa shape index (κ1) is 19.1. The second-order valence-corrected chi connectivity index (χ2v) is 6.79. The number of hydrogen-bond donors (Lipinski definition) is 2. The molecule has 6 heteroatoms. The summed E-state index contributed by atoms with van der Waals surface area (Å²) < 4.78 is 29.2. The maximum atomic E-state index is 12.8. The molecule has 0 radical (unpaired) electrons. The molecule has 0 unspecified atom stereocenters. The van der Waals surface area contributed by atoms with E-state index in [1.165, 1.54) is 0 Å². The van der Waals surface area contributed by atoms with Gasteiger partial charge >= 0.3 is 0 Å². The average molecular weight is 414 g/mol. The summed E-state index contributed by atoms with van der Waals surface area (Å²) in [6.45, 7) is 1.95. The number of alkyl halides is 2. The Bertz CT molecular complexity index is 707.